The van der Waals surface area contributed by atoms with Gasteiger partial charge in [-0.25, -0.2) is 18.0 Å². The zero-order valence-electron chi connectivity index (χ0n) is 21.8. The van der Waals surface area contributed by atoms with Gasteiger partial charge in [-0.15, -0.1) is 0 Å². The number of piperidine rings is 1. The van der Waals surface area contributed by atoms with E-state index < -0.39 is 33.9 Å². The second kappa shape index (κ2) is 12.6. The van der Waals surface area contributed by atoms with Crippen LogP contribution in [0.4, 0.5) is 10.5 Å². The van der Waals surface area contributed by atoms with E-state index in [4.69, 9.17) is 4.74 Å². The van der Waals surface area contributed by atoms with E-state index in [0.29, 0.717) is 56.9 Å². The van der Waals surface area contributed by atoms with Crippen molar-refractivity contribution in [3.05, 3.63) is 59.7 Å². The van der Waals surface area contributed by atoms with Crippen LogP contribution in [0.3, 0.4) is 0 Å². The van der Waals surface area contributed by atoms with Crippen molar-refractivity contribution in [2.45, 2.75) is 37.1 Å². The van der Waals surface area contributed by atoms with Crippen LogP contribution >= 0.6 is 0 Å². The topological polar surface area (TPSA) is 145 Å². The number of urea groups is 1. The van der Waals surface area contributed by atoms with Crippen LogP contribution < -0.4 is 10.6 Å². The quantitative estimate of drug-likeness (QED) is 0.450. The molecule has 3 amide bonds. The van der Waals surface area contributed by atoms with Crippen molar-refractivity contribution in [3.63, 3.8) is 0 Å². The van der Waals surface area contributed by atoms with Crippen LogP contribution in [0.1, 0.15) is 24.0 Å². The Labute approximate surface area is 228 Å². The Morgan fingerprint density at radius 2 is 1.69 bits per heavy atom. The fourth-order valence-corrected chi connectivity index (χ4v) is 6.18. The number of aliphatic carboxylic acids is 1. The number of rotatable bonds is 8. The van der Waals surface area contributed by atoms with Crippen molar-refractivity contribution in [3.8, 4) is 0 Å². The van der Waals surface area contributed by atoms with Crippen LogP contribution in [0.2, 0.25) is 0 Å². The highest BCUT2D eigenvalue weighted by molar-refractivity contribution is 7.89. The lowest BCUT2D eigenvalue weighted by Crippen LogP contribution is -2.50. The molecule has 2 aliphatic heterocycles. The third-order valence-corrected chi connectivity index (χ3v) is 8.85. The molecule has 4 rings (SSSR count). The van der Waals surface area contributed by atoms with Crippen molar-refractivity contribution < 1.29 is 32.6 Å². The van der Waals surface area contributed by atoms with Gasteiger partial charge >= 0.3 is 12.0 Å². The van der Waals surface area contributed by atoms with Crippen LogP contribution in [0.15, 0.2) is 53.4 Å². The Bertz CT molecular complexity index is 1280. The summed E-state index contributed by atoms with van der Waals surface area (Å²) in [7, 11) is -3.76. The van der Waals surface area contributed by atoms with Crippen LogP contribution in [0.5, 0.6) is 0 Å². The lowest BCUT2D eigenvalue weighted by Gasteiger charge is -2.31. The van der Waals surface area contributed by atoms with Crippen molar-refractivity contribution >= 4 is 33.6 Å². The number of ether oxygens (including phenoxy) is 1. The largest absolute Gasteiger partial charge is 0.480 e. The Morgan fingerprint density at radius 3 is 2.33 bits per heavy atom. The van der Waals surface area contributed by atoms with Crippen molar-refractivity contribution in [1.29, 1.82) is 0 Å². The zero-order valence-corrected chi connectivity index (χ0v) is 22.7. The predicted octanol–water partition coefficient (Wildman–Crippen LogP) is 2.07. The van der Waals surface area contributed by atoms with Crippen molar-refractivity contribution in [1.82, 2.24) is 14.5 Å². The molecule has 39 heavy (non-hydrogen) atoms. The normalized spacial score (nSPS) is 19.2. The van der Waals surface area contributed by atoms with Crippen molar-refractivity contribution in [2.24, 2.45) is 5.92 Å². The molecule has 0 spiro atoms. The minimum absolute atomic E-state index is 0.00802. The van der Waals surface area contributed by atoms with E-state index in [2.05, 4.69) is 10.6 Å². The molecule has 3 N–H and O–H groups in total. The lowest BCUT2D eigenvalue weighted by molar-refractivity contribution is -0.142. The highest BCUT2D eigenvalue weighted by Gasteiger charge is 2.34. The number of benzene rings is 2. The number of hydrogen-bond donors (Lipinski definition) is 3. The van der Waals surface area contributed by atoms with Gasteiger partial charge in [-0.2, -0.15) is 4.31 Å². The van der Waals surface area contributed by atoms with Gasteiger partial charge in [0.25, 0.3) is 0 Å². The van der Waals surface area contributed by atoms with Crippen LogP contribution in [-0.4, -0.2) is 86.1 Å². The number of morpholine rings is 1. The molecule has 0 aliphatic carbocycles. The Kier molecular flexibility index (Phi) is 9.20. The van der Waals surface area contributed by atoms with E-state index in [1.165, 1.54) is 4.31 Å². The van der Waals surface area contributed by atoms with Gasteiger partial charge in [0.2, 0.25) is 15.9 Å². The standard InChI is InChI=1S/C27H34N4O7S/c1-19-4-10-23(11-5-19)39(36,37)31-12-2-3-21(18-31)25(32)29-24(26(33)34)17-20-6-8-22(9-7-20)28-27(35)30-13-15-38-16-14-30/h4-11,21,24H,2-3,12-18H2,1H3,(H,28,35)(H,29,32)(H,33,34)/t21?,24-/m0/s1. The molecular weight excluding hydrogens is 524 g/mol. The number of aryl methyl sites for hydroxylation is 1. The molecule has 2 aromatic rings. The average molecular weight is 559 g/mol. The fourth-order valence-electron chi connectivity index (χ4n) is 4.65. The highest BCUT2D eigenvalue weighted by atomic mass is 32.2. The number of anilines is 1. The highest BCUT2D eigenvalue weighted by Crippen LogP contribution is 2.24. The van der Waals surface area contributed by atoms with Crippen LogP contribution in [0.25, 0.3) is 0 Å². The number of carbonyl (C=O) groups excluding carboxylic acids is 2. The number of nitrogens with zero attached hydrogens (tertiary/aromatic N) is 2. The molecule has 2 aliphatic rings. The summed E-state index contributed by atoms with van der Waals surface area (Å²) >= 11 is 0. The smallest absolute Gasteiger partial charge is 0.326 e. The number of carboxylic acids is 1. The Morgan fingerprint density at radius 1 is 1.03 bits per heavy atom. The third-order valence-electron chi connectivity index (χ3n) is 6.97. The number of nitrogens with one attached hydrogen (secondary N) is 2. The van der Waals surface area contributed by atoms with Gasteiger partial charge in [0, 0.05) is 38.3 Å². The number of carbonyl (C=O) groups is 3. The summed E-state index contributed by atoms with van der Waals surface area (Å²) in [4.78, 5) is 39.2. The summed E-state index contributed by atoms with van der Waals surface area (Å²) in [5.41, 5.74) is 2.18. The van der Waals surface area contributed by atoms with Gasteiger partial charge in [-0.3, -0.25) is 4.79 Å². The monoisotopic (exact) mass is 558 g/mol. The molecule has 11 nitrogen and oxygen atoms in total. The second-order valence-corrected chi connectivity index (χ2v) is 11.8. The van der Waals surface area contributed by atoms with Gasteiger partial charge in [0.15, 0.2) is 0 Å². The van der Waals surface area contributed by atoms with Gasteiger partial charge in [-0.1, -0.05) is 29.8 Å². The lowest BCUT2D eigenvalue weighted by atomic mass is 9.97. The van der Waals surface area contributed by atoms with Gasteiger partial charge in [-0.05, 0) is 49.6 Å². The average Bonchev–Trinajstić information content (AvgIpc) is 2.94. The summed E-state index contributed by atoms with van der Waals surface area (Å²) in [6, 6.07) is 11.9. The molecule has 210 valence electrons. The minimum Gasteiger partial charge on any atom is -0.480 e. The number of sulfonamides is 1. The Hall–Kier alpha value is -3.48. The van der Waals surface area contributed by atoms with Gasteiger partial charge in [0.05, 0.1) is 24.0 Å². The van der Waals surface area contributed by atoms with Gasteiger partial charge in [0.1, 0.15) is 6.04 Å². The third kappa shape index (κ3) is 7.34. The SMILES string of the molecule is Cc1ccc(S(=O)(=O)N2CCCC(C(=O)N[C@@H](Cc3ccc(NC(=O)N4CCOCC4)cc3)C(=O)O)C2)cc1. The summed E-state index contributed by atoms with van der Waals surface area (Å²) in [6.45, 7) is 4.19. The molecule has 0 aromatic heterocycles. The summed E-state index contributed by atoms with van der Waals surface area (Å²) in [5.74, 6) is -2.33. The molecule has 2 fully saturated rings. The molecule has 0 bridgehead atoms. The summed E-state index contributed by atoms with van der Waals surface area (Å²) < 4.78 is 32.7. The maximum absolute atomic E-state index is 13.1. The van der Waals surface area contributed by atoms with E-state index in [1.807, 2.05) is 6.92 Å². The summed E-state index contributed by atoms with van der Waals surface area (Å²) in [5, 5.41) is 15.2. The van der Waals surface area contributed by atoms with Crippen LogP contribution in [0, 0.1) is 12.8 Å². The molecule has 0 radical (unpaired) electrons. The molecule has 12 heteroatoms. The molecule has 2 heterocycles. The molecule has 1 unspecified atom stereocenters. The molecule has 2 atom stereocenters. The second-order valence-electron chi connectivity index (χ2n) is 9.85. The van der Waals surface area contributed by atoms with E-state index in [9.17, 15) is 27.9 Å². The Balaban J connectivity index is 1.34. The number of amides is 3. The first kappa shape index (κ1) is 28.5. The first-order valence-corrected chi connectivity index (χ1v) is 14.4. The van der Waals surface area contributed by atoms with Crippen LogP contribution in [-0.2, 0) is 30.8 Å². The molecular formula is C27H34N4O7S. The van der Waals surface area contributed by atoms with Crippen molar-refractivity contribution in [2.75, 3.05) is 44.7 Å². The zero-order chi connectivity index (χ0) is 28.0. The molecule has 2 saturated heterocycles. The number of hydrogen-bond acceptors (Lipinski definition) is 6. The minimum atomic E-state index is -3.76. The van der Waals surface area contributed by atoms with Gasteiger partial charge < -0.3 is 25.4 Å². The van der Waals surface area contributed by atoms with E-state index in [0.717, 1.165) is 5.56 Å². The number of carboxylic acid groups (broad SMARTS) is 1. The molecule has 2 aromatic carbocycles. The van der Waals surface area contributed by atoms with E-state index in [1.54, 1.807) is 53.4 Å². The first-order chi connectivity index (χ1) is 18.6. The van der Waals surface area contributed by atoms with E-state index in [-0.39, 0.29) is 23.9 Å². The predicted molar refractivity (Wildman–Crippen MR) is 144 cm³/mol. The maximum atomic E-state index is 13.1. The molecule has 0 saturated carbocycles. The van der Waals surface area contributed by atoms with E-state index >= 15 is 0 Å². The fraction of sp³-hybridized carbons (Fsp3) is 0.444. The summed E-state index contributed by atoms with van der Waals surface area (Å²) in [6.07, 6.45) is 1.01. The maximum Gasteiger partial charge on any atom is 0.326 e. The first-order valence-electron chi connectivity index (χ1n) is 13.0.